The topological polar surface area (TPSA) is 58.2 Å². The predicted octanol–water partition coefficient (Wildman–Crippen LogP) is 4.39. The van der Waals surface area contributed by atoms with Gasteiger partial charge in [0.2, 0.25) is 12.3 Å². The van der Waals surface area contributed by atoms with Gasteiger partial charge in [-0.2, -0.15) is 0 Å². The van der Waals surface area contributed by atoms with E-state index in [0.29, 0.717) is 6.41 Å². The van der Waals surface area contributed by atoms with Crippen LogP contribution in [0.3, 0.4) is 0 Å². The zero-order chi connectivity index (χ0) is 17.2. The van der Waals surface area contributed by atoms with Crippen LogP contribution in [-0.2, 0) is 9.59 Å². The molecule has 1 fully saturated rings. The van der Waals surface area contributed by atoms with Crippen molar-refractivity contribution < 1.29 is 9.59 Å². The monoisotopic (exact) mass is 340 g/mol. The fourth-order valence-corrected chi connectivity index (χ4v) is 3.39. The van der Waals surface area contributed by atoms with Crippen molar-refractivity contribution in [3.63, 3.8) is 0 Å². The summed E-state index contributed by atoms with van der Waals surface area (Å²) < 4.78 is 0. The number of hydrogen-bond acceptors (Lipinski definition) is 3. The molecule has 0 bridgehead atoms. The second-order valence-electron chi connectivity index (χ2n) is 6.65. The molecule has 1 aliphatic rings. The number of carbonyl (C=O) groups excluding carboxylic acids is 2. The molecule has 1 atom stereocenters. The van der Waals surface area contributed by atoms with Crippen molar-refractivity contribution in [2.45, 2.75) is 30.1 Å². The molecule has 24 heavy (non-hydrogen) atoms. The molecular weight excluding hydrogens is 320 g/mol. The molecule has 0 saturated heterocycles. The van der Waals surface area contributed by atoms with Crippen molar-refractivity contribution in [2.75, 3.05) is 10.6 Å². The van der Waals surface area contributed by atoms with Gasteiger partial charge in [0.15, 0.2) is 0 Å². The molecule has 1 unspecified atom stereocenters. The maximum atomic E-state index is 12.1. The summed E-state index contributed by atoms with van der Waals surface area (Å²) in [5.41, 5.74) is 1.75. The third kappa shape index (κ3) is 3.97. The Balaban J connectivity index is 1.58. The summed E-state index contributed by atoms with van der Waals surface area (Å²) in [6, 6.07) is 15.5. The van der Waals surface area contributed by atoms with Crippen molar-refractivity contribution >= 4 is 35.5 Å². The highest BCUT2D eigenvalue weighted by Gasteiger charge is 2.50. The molecular formula is C19H20N2O2S. The summed E-state index contributed by atoms with van der Waals surface area (Å²) in [4.78, 5) is 24.7. The molecule has 4 nitrogen and oxygen atoms in total. The Morgan fingerprint density at radius 2 is 1.54 bits per heavy atom. The van der Waals surface area contributed by atoms with Crippen molar-refractivity contribution in [1.29, 1.82) is 0 Å². The van der Waals surface area contributed by atoms with Gasteiger partial charge in [-0.3, -0.25) is 9.59 Å². The van der Waals surface area contributed by atoms with E-state index in [0.717, 1.165) is 27.6 Å². The van der Waals surface area contributed by atoms with Crippen LogP contribution in [0.25, 0.3) is 0 Å². The third-order valence-corrected chi connectivity index (χ3v) is 5.28. The van der Waals surface area contributed by atoms with Crippen molar-refractivity contribution in [1.82, 2.24) is 0 Å². The number of anilines is 2. The maximum Gasteiger partial charge on any atom is 0.228 e. The summed E-state index contributed by atoms with van der Waals surface area (Å²) in [5.74, 6) is 0.240. The third-order valence-electron chi connectivity index (χ3n) is 4.27. The van der Waals surface area contributed by atoms with E-state index in [4.69, 9.17) is 0 Å². The Bertz CT molecular complexity index is 739. The van der Waals surface area contributed by atoms with Crippen molar-refractivity contribution in [3.05, 3.63) is 48.5 Å². The maximum absolute atomic E-state index is 12.1. The SMILES string of the molecule is CC1(C)CC1C(=O)Nc1ccc(Sc2ccc(NC=O)cc2)cc1. The summed E-state index contributed by atoms with van der Waals surface area (Å²) in [5, 5.41) is 5.60. The van der Waals surface area contributed by atoms with E-state index in [2.05, 4.69) is 24.5 Å². The molecule has 0 spiro atoms. The first-order valence-electron chi connectivity index (χ1n) is 7.87. The van der Waals surface area contributed by atoms with Crippen LogP contribution >= 0.6 is 11.8 Å². The molecule has 2 N–H and O–H groups in total. The van der Waals surface area contributed by atoms with Gasteiger partial charge in [0.05, 0.1) is 0 Å². The van der Waals surface area contributed by atoms with E-state index in [9.17, 15) is 9.59 Å². The van der Waals surface area contributed by atoms with Gasteiger partial charge in [-0.15, -0.1) is 0 Å². The zero-order valence-electron chi connectivity index (χ0n) is 13.7. The zero-order valence-corrected chi connectivity index (χ0v) is 14.5. The molecule has 0 aromatic heterocycles. The van der Waals surface area contributed by atoms with Gasteiger partial charge in [-0.05, 0) is 60.4 Å². The fraction of sp³-hybridized carbons (Fsp3) is 0.263. The normalized spacial score (nSPS) is 17.8. The second-order valence-corrected chi connectivity index (χ2v) is 7.79. The van der Waals surface area contributed by atoms with E-state index in [1.165, 1.54) is 0 Å². The Hall–Kier alpha value is -2.27. The highest BCUT2D eigenvalue weighted by Crippen LogP contribution is 2.52. The molecule has 0 heterocycles. The lowest BCUT2D eigenvalue weighted by Gasteiger charge is -2.08. The standard InChI is InChI=1S/C19H20N2O2S/c1-19(2)11-17(19)18(23)21-14-5-9-16(10-6-14)24-15-7-3-13(4-8-15)20-12-22/h3-10,12,17H,11H2,1-2H3,(H,20,22)(H,21,23). The number of carbonyl (C=O) groups is 2. The smallest absolute Gasteiger partial charge is 0.228 e. The van der Waals surface area contributed by atoms with Gasteiger partial charge in [-0.25, -0.2) is 0 Å². The van der Waals surface area contributed by atoms with Gasteiger partial charge in [0.1, 0.15) is 0 Å². The van der Waals surface area contributed by atoms with E-state index < -0.39 is 0 Å². The van der Waals surface area contributed by atoms with E-state index in [1.807, 2.05) is 48.5 Å². The summed E-state index contributed by atoms with van der Waals surface area (Å²) >= 11 is 1.63. The highest BCUT2D eigenvalue weighted by atomic mass is 32.2. The fourth-order valence-electron chi connectivity index (χ4n) is 2.57. The molecule has 2 aromatic carbocycles. The lowest BCUT2D eigenvalue weighted by atomic mass is 10.1. The minimum atomic E-state index is 0.110. The molecule has 2 amide bonds. The molecule has 0 radical (unpaired) electrons. The quantitative estimate of drug-likeness (QED) is 0.767. The highest BCUT2D eigenvalue weighted by molar-refractivity contribution is 7.99. The number of hydrogen-bond donors (Lipinski definition) is 2. The van der Waals surface area contributed by atoms with E-state index in [-0.39, 0.29) is 17.2 Å². The van der Waals surface area contributed by atoms with Crippen molar-refractivity contribution in [2.24, 2.45) is 11.3 Å². The Kier molecular flexibility index (Phi) is 4.62. The van der Waals surface area contributed by atoms with E-state index in [1.54, 1.807) is 11.8 Å². The molecule has 2 aromatic rings. The van der Waals surface area contributed by atoms with Crippen molar-refractivity contribution in [3.8, 4) is 0 Å². The van der Waals surface area contributed by atoms with Crippen LogP contribution in [0.5, 0.6) is 0 Å². The van der Waals surface area contributed by atoms with Gasteiger partial charge in [0.25, 0.3) is 0 Å². The molecule has 1 saturated carbocycles. The minimum Gasteiger partial charge on any atom is -0.329 e. The molecule has 3 rings (SSSR count). The minimum absolute atomic E-state index is 0.110. The van der Waals surface area contributed by atoms with Gasteiger partial charge >= 0.3 is 0 Å². The Morgan fingerprint density at radius 1 is 1.04 bits per heavy atom. The van der Waals surface area contributed by atoms with Crippen LogP contribution in [0.15, 0.2) is 58.3 Å². The predicted molar refractivity (Wildman–Crippen MR) is 97.2 cm³/mol. The second kappa shape index (κ2) is 6.69. The van der Waals surface area contributed by atoms with Crippen LogP contribution in [0.4, 0.5) is 11.4 Å². The Morgan fingerprint density at radius 3 is 2.00 bits per heavy atom. The summed E-state index contributed by atoms with van der Waals surface area (Å²) in [7, 11) is 0. The average molecular weight is 340 g/mol. The number of nitrogens with one attached hydrogen (secondary N) is 2. The van der Waals surface area contributed by atoms with Crippen LogP contribution < -0.4 is 10.6 Å². The first-order valence-corrected chi connectivity index (χ1v) is 8.69. The summed E-state index contributed by atoms with van der Waals surface area (Å²) in [6.07, 6.45) is 1.62. The first-order chi connectivity index (χ1) is 11.5. The van der Waals surface area contributed by atoms with Gasteiger partial charge < -0.3 is 10.6 Å². The lowest BCUT2D eigenvalue weighted by molar-refractivity contribution is -0.118. The molecule has 5 heteroatoms. The Labute approximate surface area is 146 Å². The molecule has 124 valence electrons. The van der Waals surface area contributed by atoms with Crippen LogP contribution in [-0.4, -0.2) is 12.3 Å². The number of benzene rings is 2. The number of rotatable bonds is 6. The van der Waals surface area contributed by atoms with Crippen LogP contribution in [0, 0.1) is 11.3 Å². The largest absolute Gasteiger partial charge is 0.329 e. The average Bonchev–Trinajstić information content (AvgIpc) is 3.20. The first kappa shape index (κ1) is 16.6. The molecule has 0 aliphatic heterocycles. The molecule has 1 aliphatic carbocycles. The van der Waals surface area contributed by atoms with Gasteiger partial charge in [0, 0.05) is 27.1 Å². The van der Waals surface area contributed by atoms with Gasteiger partial charge in [-0.1, -0.05) is 25.6 Å². The van der Waals surface area contributed by atoms with Crippen LogP contribution in [0.1, 0.15) is 20.3 Å². The lowest BCUT2D eigenvalue weighted by Crippen LogP contribution is -2.16. The van der Waals surface area contributed by atoms with E-state index >= 15 is 0 Å². The van der Waals surface area contributed by atoms with Crippen LogP contribution in [0.2, 0.25) is 0 Å². The summed E-state index contributed by atoms with van der Waals surface area (Å²) in [6.45, 7) is 4.24. The number of amides is 2.